The number of hydrogen-bond donors (Lipinski definition) is 0. The number of rotatable bonds is 4. The summed E-state index contributed by atoms with van der Waals surface area (Å²) in [6, 6.07) is 0. The van der Waals surface area contributed by atoms with Gasteiger partial charge < -0.3 is 4.74 Å². The number of allylic oxidation sites excluding steroid dienone is 2. The molecule has 0 heterocycles. The van der Waals surface area contributed by atoms with Gasteiger partial charge in [-0.3, -0.25) is 0 Å². The second kappa shape index (κ2) is 5.91. The van der Waals surface area contributed by atoms with Gasteiger partial charge in [0.05, 0.1) is 6.10 Å². The van der Waals surface area contributed by atoms with E-state index in [2.05, 4.69) is 20.4 Å². The number of hydrogen-bond acceptors (Lipinski definition) is 2. The highest BCUT2D eigenvalue weighted by atomic mass is 28.1. The van der Waals surface area contributed by atoms with Crippen molar-refractivity contribution in [3.63, 3.8) is 0 Å². The van der Waals surface area contributed by atoms with Crippen LogP contribution in [0.25, 0.3) is 0 Å². The molecule has 0 saturated heterocycles. The van der Waals surface area contributed by atoms with E-state index in [-0.39, 0.29) is 12.1 Å². The summed E-state index contributed by atoms with van der Waals surface area (Å²) < 4.78 is 5.19. The lowest BCUT2D eigenvalue weighted by atomic mass is 9.97. The molecule has 0 aromatic heterocycles. The fraction of sp³-hybridized carbons (Fsp3) is 0.583. The molecule has 0 aromatic carbocycles. The molecule has 0 N–H and O–H groups in total. The van der Waals surface area contributed by atoms with Crippen molar-refractivity contribution in [2.75, 3.05) is 0 Å². The fourth-order valence-electron chi connectivity index (χ4n) is 1.66. The summed E-state index contributed by atoms with van der Waals surface area (Å²) in [6.45, 7) is 13.7. The van der Waals surface area contributed by atoms with Gasteiger partial charge in [-0.25, -0.2) is 4.79 Å². The molecule has 0 aromatic rings. The summed E-state index contributed by atoms with van der Waals surface area (Å²) in [5.41, 5.74) is 2.03. The summed E-state index contributed by atoms with van der Waals surface area (Å²) in [4.78, 5) is 11.7. The first-order valence-electron chi connectivity index (χ1n) is 5.35. The van der Waals surface area contributed by atoms with E-state index in [9.17, 15) is 4.79 Å². The Morgan fingerprint density at radius 2 is 1.73 bits per heavy atom. The molecular weight excluding hydrogens is 204 g/mol. The molecule has 0 fully saturated rings. The van der Waals surface area contributed by atoms with E-state index in [0.29, 0.717) is 16.2 Å². The fourth-order valence-corrected chi connectivity index (χ4v) is 2.78. The third-order valence-electron chi connectivity index (χ3n) is 2.09. The van der Waals surface area contributed by atoms with Crippen molar-refractivity contribution in [1.29, 1.82) is 0 Å². The number of ether oxygens (including phenoxy) is 1. The van der Waals surface area contributed by atoms with Crippen molar-refractivity contribution >= 4 is 16.2 Å². The van der Waals surface area contributed by atoms with Crippen LogP contribution in [0, 0.1) is 5.92 Å². The smallest absolute Gasteiger partial charge is 0.329 e. The summed E-state index contributed by atoms with van der Waals surface area (Å²) >= 11 is 0. The van der Waals surface area contributed by atoms with Crippen LogP contribution in [0.4, 0.5) is 0 Å². The zero-order valence-corrected chi connectivity index (χ0v) is 12.7. The third-order valence-corrected chi connectivity index (χ3v) is 3.04. The highest BCUT2D eigenvalue weighted by Gasteiger charge is 2.16. The molecule has 0 bridgehead atoms. The van der Waals surface area contributed by atoms with E-state index in [1.807, 2.05) is 20.8 Å². The number of carbonyl (C=O) groups is 1. The minimum atomic E-state index is -0.177. The van der Waals surface area contributed by atoms with Gasteiger partial charge in [-0.15, -0.1) is 0 Å². The van der Waals surface area contributed by atoms with Crippen LogP contribution < -0.4 is 0 Å². The van der Waals surface area contributed by atoms with Crippen LogP contribution in [-0.2, 0) is 9.53 Å². The second-order valence-electron chi connectivity index (χ2n) is 4.43. The van der Waals surface area contributed by atoms with E-state index < -0.39 is 0 Å². The van der Waals surface area contributed by atoms with Crippen molar-refractivity contribution in [3.05, 3.63) is 22.9 Å². The van der Waals surface area contributed by atoms with Gasteiger partial charge in [0.15, 0.2) is 0 Å². The maximum Gasteiger partial charge on any atom is 0.329 e. The standard InChI is InChI=1S/C12H22O2Si/c1-7(2)10(8(3)4)11(15)12(13)14-9(5)6/h8-9H,1H2,2-6,15H3. The highest BCUT2D eigenvalue weighted by molar-refractivity contribution is 6.36. The predicted molar refractivity (Wildman–Crippen MR) is 67.8 cm³/mol. The van der Waals surface area contributed by atoms with Crippen LogP contribution in [0.3, 0.4) is 0 Å². The van der Waals surface area contributed by atoms with Crippen LogP contribution >= 0.6 is 0 Å². The quantitative estimate of drug-likeness (QED) is 0.316. The Kier molecular flexibility index (Phi) is 5.58. The minimum Gasteiger partial charge on any atom is -0.460 e. The number of esters is 1. The monoisotopic (exact) mass is 226 g/mol. The summed E-state index contributed by atoms with van der Waals surface area (Å²) in [6.07, 6.45) is -0.0556. The zero-order chi connectivity index (χ0) is 12.2. The second-order valence-corrected chi connectivity index (χ2v) is 5.43. The van der Waals surface area contributed by atoms with Gasteiger partial charge in [-0.05, 0) is 32.3 Å². The lowest BCUT2D eigenvalue weighted by Gasteiger charge is -2.16. The highest BCUT2D eigenvalue weighted by Crippen LogP contribution is 2.21. The van der Waals surface area contributed by atoms with Gasteiger partial charge in [0.25, 0.3) is 0 Å². The average molecular weight is 226 g/mol. The van der Waals surface area contributed by atoms with Crippen molar-refractivity contribution in [2.24, 2.45) is 5.92 Å². The summed E-state index contributed by atoms with van der Waals surface area (Å²) in [5.74, 6) is 0.151. The van der Waals surface area contributed by atoms with E-state index in [1.165, 1.54) is 0 Å². The normalized spacial score (nSPS) is 13.0. The van der Waals surface area contributed by atoms with E-state index >= 15 is 0 Å². The van der Waals surface area contributed by atoms with Gasteiger partial charge in [-0.2, -0.15) is 0 Å². The largest absolute Gasteiger partial charge is 0.460 e. The Hall–Kier alpha value is -0.833. The third kappa shape index (κ3) is 4.47. The molecule has 15 heavy (non-hydrogen) atoms. The molecular formula is C12H22O2Si. The Morgan fingerprint density at radius 3 is 2.00 bits per heavy atom. The zero-order valence-electron chi connectivity index (χ0n) is 10.7. The molecule has 0 aliphatic heterocycles. The van der Waals surface area contributed by atoms with Crippen LogP contribution in [0.2, 0.25) is 0 Å². The maximum absolute atomic E-state index is 11.7. The van der Waals surface area contributed by atoms with Crippen LogP contribution in [-0.4, -0.2) is 22.3 Å². The number of carbonyl (C=O) groups excluding carboxylic acids is 1. The Bertz CT molecular complexity index is 288. The molecule has 0 saturated carbocycles. The van der Waals surface area contributed by atoms with Crippen LogP contribution in [0.15, 0.2) is 22.9 Å². The van der Waals surface area contributed by atoms with Gasteiger partial charge in [-0.1, -0.05) is 26.0 Å². The minimum absolute atomic E-state index is 0.0556. The molecule has 0 aliphatic carbocycles. The average Bonchev–Trinajstić information content (AvgIpc) is 2.00. The molecule has 2 nitrogen and oxygen atoms in total. The SMILES string of the molecule is C=C(C)C(=C([SiH3])C(=O)OC(C)C)C(C)C. The van der Waals surface area contributed by atoms with E-state index in [1.54, 1.807) is 0 Å². The van der Waals surface area contributed by atoms with Gasteiger partial charge in [0.2, 0.25) is 0 Å². The van der Waals surface area contributed by atoms with Crippen molar-refractivity contribution in [2.45, 2.75) is 40.7 Å². The Balaban J connectivity index is 5.02. The Morgan fingerprint density at radius 1 is 1.27 bits per heavy atom. The first-order chi connectivity index (χ1) is 6.77. The lowest BCUT2D eigenvalue weighted by Crippen LogP contribution is -2.17. The van der Waals surface area contributed by atoms with Gasteiger partial charge >= 0.3 is 5.97 Å². The van der Waals surface area contributed by atoms with Gasteiger partial charge in [0, 0.05) is 15.4 Å². The van der Waals surface area contributed by atoms with Crippen LogP contribution in [0.1, 0.15) is 34.6 Å². The maximum atomic E-state index is 11.7. The van der Waals surface area contributed by atoms with Crippen molar-refractivity contribution in [3.8, 4) is 0 Å². The first-order valence-corrected chi connectivity index (χ1v) is 6.35. The molecule has 0 radical (unpaired) electrons. The first kappa shape index (κ1) is 14.2. The molecule has 86 valence electrons. The Labute approximate surface area is 95.8 Å². The molecule has 0 amide bonds. The molecule has 0 aliphatic rings. The molecule has 0 atom stereocenters. The van der Waals surface area contributed by atoms with E-state index in [0.717, 1.165) is 16.3 Å². The summed E-state index contributed by atoms with van der Waals surface area (Å²) in [7, 11) is 0.702. The van der Waals surface area contributed by atoms with Crippen molar-refractivity contribution in [1.82, 2.24) is 0 Å². The summed E-state index contributed by atoms with van der Waals surface area (Å²) in [5, 5.41) is 0.811. The molecule has 0 rings (SSSR count). The predicted octanol–water partition coefficient (Wildman–Crippen LogP) is 1.79. The lowest BCUT2D eigenvalue weighted by molar-refractivity contribution is -0.141. The topological polar surface area (TPSA) is 26.3 Å². The van der Waals surface area contributed by atoms with Crippen LogP contribution in [0.5, 0.6) is 0 Å². The van der Waals surface area contributed by atoms with Gasteiger partial charge in [0.1, 0.15) is 0 Å². The molecule has 0 spiro atoms. The van der Waals surface area contributed by atoms with Crippen molar-refractivity contribution < 1.29 is 9.53 Å². The van der Waals surface area contributed by atoms with E-state index in [4.69, 9.17) is 4.74 Å². The molecule has 0 unspecified atom stereocenters. The molecule has 3 heteroatoms.